The fourth-order valence-corrected chi connectivity index (χ4v) is 6.68. The highest BCUT2D eigenvalue weighted by Crippen LogP contribution is 2.38. The molecule has 0 aromatic heterocycles. The molecule has 0 radical (unpaired) electrons. The van der Waals surface area contributed by atoms with E-state index in [4.69, 9.17) is 0 Å². The van der Waals surface area contributed by atoms with Crippen molar-refractivity contribution in [1.82, 2.24) is 9.62 Å². The number of rotatable bonds is 2. The summed E-state index contributed by atoms with van der Waals surface area (Å²) in [4.78, 5) is 0.339. The minimum absolute atomic E-state index is 0.0583. The maximum absolute atomic E-state index is 13.0. The van der Waals surface area contributed by atoms with Crippen LogP contribution in [0.25, 0.3) is 0 Å². The van der Waals surface area contributed by atoms with E-state index in [1.807, 2.05) is 13.0 Å². The molecular weight excluding hydrogens is 408 g/mol. The van der Waals surface area contributed by atoms with Gasteiger partial charge in [0.15, 0.2) is 0 Å². The van der Waals surface area contributed by atoms with Crippen LogP contribution >= 0.6 is 31.9 Å². The standard InChI is InChI=1S/C13H16Br2N2O2S/c1-8-4-9-6-16-7-12(9)17(8)20(18,19)13-5-10(14)2-3-11(13)15/h2-3,5,8-9,12,16H,4,6-7H2,1H3. The molecule has 110 valence electrons. The third-order valence-corrected chi connectivity index (χ3v) is 7.68. The zero-order chi connectivity index (χ0) is 14.5. The van der Waals surface area contributed by atoms with Crippen LogP contribution < -0.4 is 5.32 Å². The number of nitrogens with zero attached hydrogens (tertiary/aromatic N) is 1. The Hall–Kier alpha value is 0.0500. The number of nitrogens with one attached hydrogen (secondary N) is 1. The van der Waals surface area contributed by atoms with Crippen LogP contribution in [0, 0.1) is 5.92 Å². The molecule has 0 bridgehead atoms. The molecule has 3 atom stereocenters. The summed E-state index contributed by atoms with van der Waals surface area (Å²) >= 11 is 6.72. The van der Waals surface area contributed by atoms with Crippen LogP contribution in [0.4, 0.5) is 0 Å². The minimum Gasteiger partial charge on any atom is -0.315 e. The Kier molecular flexibility index (Phi) is 4.01. The van der Waals surface area contributed by atoms with Gasteiger partial charge in [-0.15, -0.1) is 0 Å². The summed E-state index contributed by atoms with van der Waals surface area (Å²) in [5, 5.41) is 3.30. The second-order valence-electron chi connectivity index (χ2n) is 5.48. The first-order chi connectivity index (χ1) is 9.41. The number of halogens is 2. The summed E-state index contributed by atoms with van der Waals surface area (Å²) in [5.41, 5.74) is 0. The van der Waals surface area contributed by atoms with Crippen molar-refractivity contribution < 1.29 is 8.42 Å². The Morgan fingerprint density at radius 3 is 2.80 bits per heavy atom. The molecule has 2 saturated heterocycles. The molecule has 2 fully saturated rings. The zero-order valence-electron chi connectivity index (χ0n) is 11.0. The van der Waals surface area contributed by atoms with E-state index in [9.17, 15) is 8.42 Å². The highest BCUT2D eigenvalue weighted by atomic mass is 79.9. The molecule has 1 aromatic carbocycles. The quantitative estimate of drug-likeness (QED) is 0.795. The van der Waals surface area contributed by atoms with Gasteiger partial charge in [0.05, 0.1) is 4.90 Å². The molecule has 7 heteroatoms. The van der Waals surface area contributed by atoms with Crippen molar-refractivity contribution in [1.29, 1.82) is 0 Å². The molecule has 2 aliphatic heterocycles. The molecule has 3 rings (SSSR count). The van der Waals surface area contributed by atoms with Crippen LogP contribution in [0.5, 0.6) is 0 Å². The van der Waals surface area contributed by atoms with Gasteiger partial charge in [0.2, 0.25) is 10.0 Å². The van der Waals surface area contributed by atoms with E-state index in [2.05, 4.69) is 37.2 Å². The Morgan fingerprint density at radius 1 is 1.30 bits per heavy atom. The number of hydrogen-bond donors (Lipinski definition) is 1. The van der Waals surface area contributed by atoms with Gasteiger partial charge in [-0.25, -0.2) is 8.42 Å². The van der Waals surface area contributed by atoms with Crippen molar-refractivity contribution in [3.63, 3.8) is 0 Å². The zero-order valence-corrected chi connectivity index (χ0v) is 15.0. The highest BCUT2D eigenvalue weighted by Gasteiger charge is 2.48. The van der Waals surface area contributed by atoms with Crippen molar-refractivity contribution in [3.8, 4) is 0 Å². The SMILES string of the molecule is CC1CC2CNCC2N1S(=O)(=O)c1cc(Br)ccc1Br. The number of fused-ring (bicyclic) bond motifs is 1. The van der Waals surface area contributed by atoms with Crippen LogP contribution in [0.1, 0.15) is 13.3 Å². The first-order valence-electron chi connectivity index (χ1n) is 6.60. The van der Waals surface area contributed by atoms with E-state index >= 15 is 0 Å². The number of sulfonamides is 1. The van der Waals surface area contributed by atoms with E-state index in [0.717, 1.165) is 24.0 Å². The van der Waals surface area contributed by atoms with Crippen LogP contribution in [0.15, 0.2) is 32.0 Å². The smallest absolute Gasteiger partial charge is 0.244 e. The normalized spacial score (nSPS) is 30.6. The number of benzene rings is 1. The Labute approximate surface area is 136 Å². The number of hydrogen-bond acceptors (Lipinski definition) is 3. The van der Waals surface area contributed by atoms with Gasteiger partial charge < -0.3 is 5.32 Å². The summed E-state index contributed by atoms with van der Waals surface area (Å²) in [7, 11) is -3.48. The van der Waals surface area contributed by atoms with Crippen LogP contribution in [-0.2, 0) is 10.0 Å². The maximum Gasteiger partial charge on any atom is 0.244 e. The molecule has 0 spiro atoms. The molecule has 0 aliphatic carbocycles. The van der Waals surface area contributed by atoms with E-state index in [1.165, 1.54) is 0 Å². The Morgan fingerprint density at radius 2 is 2.05 bits per heavy atom. The minimum atomic E-state index is -3.48. The van der Waals surface area contributed by atoms with Crippen LogP contribution in [-0.4, -0.2) is 37.9 Å². The third-order valence-electron chi connectivity index (χ3n) is 4.16. The van der Waals surface area contributed by atoms with Gasteiger partial charge >= 0.3 is 0 Å². The first-order valence-corrected chi connectivity index (χ1v) is 9.63. The summed E-state index contributed by atoms with van der Waals surface area (Å²) in [6.45, 7) is 3.67. The Balaban J connectivity index is 2.05. The van der Waals surface area contributed by atoms with Crippen molar-refractivity contribution in [2.75, 3.05) is 13.1 Å². The predicted molar refractivity (Wildman–Crippen MR) is 85.1 cm³/mol. The van der Waals surface area contributed by atoms with E-state index < -0.39 is 10.0 Å². The summed E-state index contributed by atoms with van der Waals surface area (Å²) in [6.07, 6.45) is 0.933. The largest absolute Gasteiger partial charge is 0.315 e. The van der Waals surface area contributed by atoms with Crippen molar-refractivity contribution in [3.05, 3.63) is 27.1 Å². The Bertz CT molecular complexity index is 635. The predicted octanol–water partition coefficient (Wildman–Crippen LogP) is 2.58. The van der Waals surface area contributed by atoms with Gasteiger partial charge in [-0.2, -0.15) is 4.31 Å². The van der Waals surface area contributed by atoms with Crippen molar-refractivity contribution >= 4 is 41.9 Å². The lowest BCUT2D eigenvalue weighted by atomic mass is 10.0. The molecule has 20 heavy (non-hydrogen) atoms. The maximum atomic E-state index is 13.0. The van der Waals surface area contributed by atoms with Gasteiger partial charge in [-0.3, -0.25) is 0 Å². The third kappa shape index (κ3) is 2.37. The molecule has 0 saturated carbocycles. The van der Waals surface area contributed by atoms with Crippen LogP contribution in [0.3, 0.4) is 0 Å². The summed E-state index contributed by atoms with van der Waals surface area (Å²) < 4.78 is 29.1. The van der Waals surface area contributed by atoms with Gasteiger partial charge in [-0.1, -0.05) is 15.9 Å². The van der Waals surface area contributed by atoms with E-state index in [1.54, 1.807) is 16.4 Å². The molecule has 0 amide bonds. The summed E-state index contributed by atoms with van der Waals surface area (Å²) in [5.74, 6) is 0.436. The van der Waals surface area contributed by atoms with Gasteiger partial charge in [0.25, 0.3) is 0 Å². The first kappa shape index (κ1) is 15.0. The summed E-state index contributed by atoms with van der Waals surface area (Å²) in [6, 6.07) is 5.41. The fraction of sp³-hybridized carbons (Fsp3) is 0.538. The lowest BCUT2D eigenvalue weighted by Crippen LogP contribution is -2.42. The van der Waals surface area contributed by atoms with Gasteiger partial charge in [-0.05, 0) is 59.9 Å². The monoisotopic (exact) mass is 422 g/mol. The van der Waals surface area contributed by atoms with Gasteiger partial charge in [0, 0.05) is 27.6 Å². The van der Waals surface area contributed by atoms with Gasteiger partial charge in [0.1, 0.15) is 0 Å². The topological polar surface area (TPSA) is 49.4 Å². The molecule has 1 aromatic rings. The molecule has 1 N–H and O–H groups in total. The molecule has 2 aliphatic rings. The van der Waals surface area contributed by atoms with Crippen molar-refractivity contribution in [2.45, 2.75) is 30.3 Å². The lowest BCUT2D eigenvalue weighted by Gasteiger charge is -2.27. The molecule has 2 heterocycles. The average molecular weight is 424 g/mol. The van der Waals surface area contributed by atoms with Crippen LogP contribution in [0.2, 0.25) is 0 Å². The average Bonchev–Trinajstić information content (AvgIpc) is 2.91. The lowest BCUT2D eigenvalue weighted by molar-refractivity contribution is 0.335. The highest BCUT2D eigenvalue weighted by molar-refractivity contribution is 9.11. The molecule has 4 nitrogen and oxygen atoms in total. The van der Waals surface area contributed by atoms with Crippen molar-refractivity contribution in [2.24, 2.45) is 5.92 Å². The molecule has 3 unspecified atom stereocenters. The van der Waals surface area contributed by atoms with E-state index in [0.29, 0.717) is 15.3 Å². The fourth-order valence-electron chi connectivity index (χ4n) is 3.33. The second-order valence-corrected chi connectivity index (χ2v) is 9.06. The van der Waals surface area contributed by atoms with E-state index in [-0.39, 0.29) is 12.1 Å². The second kappa shape index (κ2) is 5.35. The molecular formula is C13H16Br2N2O2S.